The van der Waals surface area contributed by atoms with Crippen molar-refractivity contribution in [2.45, 2.75) is 32.4 Å². The van der Waals surface area contributed by atoms with Gasteiger partial charge in [-0.1, -0.05) is 12.1 Å². The van der Waals surface area contributed by atoms with Gasteiger partial charge in [-0.05, 0) is 30.5 Å². The Kier molecular flexibility index (Phi) is 6.68. The van der Waals surface area contributed by atoms with Crippen LogP contribution in [0.4, 0.5) is 5.69 Å². The zero-order valence-corrected chi connectivity index (χ0v) is 16.1. The molecule has 0 unspecified atom stereocenters. The van der Waals surface area contributed by atoms with Crippen LogP contribution in [-0.4, -0.2) is 78.6 Å². The number of nitrogens with zero attached hydrogens (tertiary/aromatic N) is 3. The Bertz CT molecular complexity index is 635. The number of anilines is 1. The summed E-state index contributed by atoms with van der Waals surface area (Å²) in [4.78, 5) is 29.3. The first-order chi connectivity index (χ1) is 13.0. The molecule has 2 heterocycles. The predicted molar refractivity (Wildman–Crippen MR) is 105 cm³/mol. The van der Waals surface area contributed by atoms with Crippen molar-refractivity contribution in [1.82, 2.24) is 15.1 Å². The van der Waals surface area contributed by atoms with E-state index in [2.05, 4.69) is 34.5 Å². The standard InChI is InChI=1S/C20H30N4O3/c1-16(25)24(19-6-10-22(11-7-19)15-20(26)27)14-17-2-4-18(5-3-17)23-12-8-21-9-13-23/h2-5,19,21H,6-15H2,1H3,(H,26,27). The molecule has 3 rings (SSSR count). The van der Waals surface area contributed by atoms with Gasteiger partial charge in [0.15, 0.2) is 0 Å². The molecule has 0 saturated carbocycles. The summed E-state index contributed by atoms with van der Waals surface area (Å²) in [5, 5.41) is 12.3. The molecule has 0 bridgehead atoms. The number of nitrogens with one attached hydrogen (secondary N) is 1. The lowest BCUT2D eigenvalue weighted by molar-refractivity contribution is -0.140. The van der Waals surface area contributed by atoms with Gasteiger partial charge in [-0.25, -0.2) is 0 Å². The van der Waals surface area contributed by atoms with Crippen molar-refractivity contribution >= 4 is 17.6 Å². The highest BCUT2D eigenvalue weighted by Gasteiger charge is 2.27. The maximum Gasteiger partial charge on any atom is 0.317 e. The summed E-state index contributed by atoms with van der Waals surface area (Å²) in [6.45, 7) is 7.84. The Morgan fingerprint density at radius 3 is 2.30 bits per heavy atom. The number of carbonyl (C=O) groups is 2. The summed E-state index contributed by atoms with van der Waals surface area (Å²) < 4.78 is 0. The van der Waals surface area contributed by atoms with E-state index < -0.39 is 5.97 Å². The number of aliphatic carboxylic acids is 1. The molecule has 0 aliphatic carbocycles. The summed E-state index contributed by atoms with van der Waals surface area (Å²) in [5.41, 5.74) is 2.37. The highest BCUT2D eigenvalue weighted by atomic mass is 16.4. The zero-order valence-electron chi connectivity index (χ0n) is 16.1. The molecule has 0 spiro atoms. The number of rotatable bonds is 6. The molecule has 2 N–H and O–H groups in total. The van der Waals surface area contributed by atoms with E-state index in [-0.39, 0.29) is 18.5 Å². The van der Waals surface area contributed by atoms with E-state index in [1.54, 1.807) is 6.92 Å². The van der Waals surface area contributed by atoms with Crippen LogP contribution in [0.15, 0.2) is 24.3 Å². The van der Waals surface area contributed by atoms with Gasteiger partial charge >= 0.3 is 5.97 Å². The number of carbonyl (C=O) groups excluding carboxylic acids is 1. The number of carboxylic acid groups (broad SMARTS) is 1. The van der Waals surface area contributed by atoms with Gasteiger partial charge in [-0.2, -0.15) is 0 Å². The van der Waals surface area contributed by atoms with Crippen LogP contribution in [0.5, 0.6) is 0 Å². The lowest BCUT2D eigenvalue weighted by Crippen LogP contribution is -2.47. The van der Waals surface area contributed by atoms with E-state index in [0.29, 0.717) is 6.54 Å². The first-order valence-corrected chi connectivity index (χ1v) is 9.79. The highest BCUT2D eigenvalue weighted by Crippen LogP contribution is 2.21. The molecule has 2 aliphatic heterocycles. The molecule has 0 atom stereocenters. The smallest absolute Gasteiger partial charge is 0.317 e. The maximum absolute atomic E-state index is 12.2. The fourth-order valence-electron chi connectivity index (χ4n) is 4.01. The zero-order chi connectivity index (χ0) is 19.2. The van der Waals surface area contributed by atoms with Crippen LogP contribution in [0.3, 0.4) is 0 Å². The molecule has 2 saturated heterocycles. The lowest BCUT2D eigenvalue weighted by Gasteiger charge is -2.37. The van der Waals surface area contributed by atoms with Crippen LogP contribution in [0, 0.1) is 0 Å². The second-order valence-corrected chi connectivity index (χ2v) is 7.45. The largest absolute Gasteiger partial charge is 0.480 e. The van der Waals surface area contributed by atoms with Crippen molar-refractivity contribution < 1.29 is 14.7 Å². The van der Waals surface area contributed by atoms with E-state index in [0.717, 1.165) is 57.7 Å². The van der Waals surface area contributed by atoms with Crippen molar-refractivity contribution in [3.05, 3.63) is 29.8 Å². The molecule has 0 radical (unpaired) electrons. The van der Waals surface area contributed by atoms with Crippen LogP contribution in [0.2, 0.25) is 0 Å². The fraction of sp³-hybridized carbons (Fsp3) is 0.600. The minimum Gasteiger partial charge on any atom is -0.480 e. The van der Waals surface area contributed by atoms with Crippen LogP contribution in [0.25, 0.3) is 0 Å². The first-order valence-electron chi connectivity index (χ1n) is 9.79. The molecule has 7 heteroatoms. The molecule has 148 valence electrons. The minimum absolute atomic E-state index is 0.0814. The third kappa shape index (κ3) is 5.43. The van der Waals surface area contributed by atoms with Crippen LogP contribution in [-0.2, 0) is 16.1 Å². The van der Waals surface area contributed by atoms with Gasteiger partial charge in [-0.3, -0.25) is 14.5 Å². The molecular weight excluding hydrogens is 344 g/mol. The number of carboxylic acids is 1. The van der Waals surface area contributed by atoms with Gasteiger partial charge in [0.2, 0.25) is 5.91 Å². The number of piperazine rings is 1. The van der Waals surface area contributed by atoms with E-state index in [4.69, 9.17) is 5.11 Å². The topological polar surface area (TPSA) is 76.1 Å². The van der Waals surface area contributed by atoms with Crippen LogP contribution >= 0.6 is 0 Å². The number of piperidine rings is 1. The minimum atomic E-state index is -0.790. The van der Waals surface area contributed by atoms with Gasteiger partial charge in [0.25, 0.3) is 0 Å². The molecule has 1 aromatic carbocycles. The number of likely N-dealkylation sites (tertiary alicyclic amines) is 1. The van der Waals surface area contributed by atoms with Crippen molar-refractivity contribution in [2.24, 2.45) is 0 Å². The molecule has 0 aromatic heterocycles. The molecule has 2 fully saturated rings. The summed E-state index contributed by atoms with van der Waals surface area (Å²) in [6.07, 6.45) is 1.65. The number of amides is 1. The van der Waals surface area contributed by atoms with Crippen molar-refractivity contribution in [2.75, 3.05) is 50.7 Å². The Labute approximate surface area is 160 Å². The van der Waals surface area contributed by atoms with Gasteiger partial charge in [-0.15, -0.1) is 0 Å². The summed E-state index contributed by atoms with van der Waals surface area (Å²) >= 11 is 0. The molecule has 2 aliphatic rings. The van der Waals surface area contributed by atoms with E-state index in [1.807, 2.05) is 9.80 Å². The SMILES string of the molecule is CC(=O)N(Cc1ccc(N2CCNCC2)cc1)C1CCN(CC(=O)O)CC1. The monoisotopic (exact) mass is 374 g/mol. The Morgan fingerprint density at radius 2 is 1.74 bits per heavy atom. The second-order valence-electron chi connectivity index (χ2n) is 7.45. The van der Waals surface area contributed by atoms with Crippen molar-refractivity contribution in [1.29, 1.82) is 0 Å². The van der Waals surface area contributed by atoms with Gasteiger partial charge in [0.1, 0.15) is 0 Å². The Balaban J connectivity index is 1.58. The third-order valence-corrected chi connectivity index (χ3v) is 5.53. The molecular formula is C20H30N4O3. The number of hydrogen-bond acceptors (Lipinski definition) is 5. The van der Waals surface area contributed by atoms with E-state index in [9.17, 15) is 9.59 Å². The molecule has 27 heavy (non-hydrogen) atoms. The Morgan fingerprint density at radius 1 is 1.11 bits per heavy atom. The maximum atomic E-state index is 12.2. The van der Waals surface area contributed by atoms with Crippen molar-refractivity contribution in [3.63, 3.8) is 0 Å². The van der Waals surface area contributed by atoms with E-state index >= 15 is 0 Å². The number of hydrogen-bond donors (Lipinski definition) is 2. The lowest BCUT2D eigenvalue weighted by atomic mass is 10.0. The quantitative estimate of drug-likeness (QED) is 0.774. The first kappa shape index (κ1) is 19.6. The molecule has 1 amide bonds. The van der Waals surface area contributed by atoms with Gasteiger partial charge in [0, 0.05) is 64.5 Å². The van der Waals surface area contributed by atoms with Gasteiger partial charge in [0.05, 0.1) is 6.54 Å². The fourth-order valence-corrected chi connectivity index (χ4v) is 4.01. The summed E-state index contributed by atoms with van der Waals surface area (Å²) in [7, 11) is 0. The Hall–Kier alpha value is -2.12. The normalized spacial score (nSPS) is 19.1. The molecule has 1 aromatic rings. The average Bonchev–Trinajstić information content (AvgIpc) is 2.67. The van der Waals surface area contributed by atoms with Crippen LogP contribution < -0.4 is 10.2 Å². The van der Waals surface area contributed by atoms with Crippen LogP contribution in [0.1, 0.15) is 25.3 Å². The molecule has 7 nitrogen and oxygen atoms in total. The summed E-state index contributed by atoms with van der Waals surface area (Å²) in [6, 6.07) is 8.71. The predicted octanol–water partition coefficient (Wildman–Crippen LogP) is 0.994. The second kappa shape index (κ2) is 9.19. The number of benzene rings is 1. The third-order valence-electron chi connectivity index (χ3n) is 5.53. The van der Waals surface area contributed by atoms with Crippen molar-refractivity contribution in [3.8, 4) is 0 Å². The van der Waals surface area contributed by atoms with E-state index in [1.165, 1.54) is 5.69 Å². The summed E-state index contributed by atoms with van der Waals surface area (Å²) in [5.74, 6) is -0.709. The van der Waals surface area contributed by atoms with Gasteiger partial charge < -0.3 is 20.2 Å². The average molecular weight is 374 g/mol. The highest BCUT2D eigenvalue weighted by molar-refractivity contribution is 5.73.